The maximum Gasteiger partial charge on any atom is 0.260 e. The molecule has 1 saturated heterocycles. The van der Waals surface area contributed by atoms with Gasteiger partial charge in [-0.15, -0.1) is 11.6 Å². The van der Waals surface area contributed by atoms with Crippen molar-refractivity contribution >= 4 is 40.7 Å². The van der Waals surface area contributed by atoms with Crippen LogP contribution in [0.3, 0.4) is 0 Å². The zero-order valence-electron chi connectivity index (χ0n) is 10.6. The molecule has 0 aromatic heterocycles. The van der Waals surface area contributed by atoms with Crippen molar-refractivity contribution in [1.29, 1.82) is 0 Å². The minimum atomic E-state index is -1.52. The van der Waals surface area contributed by atoms with Crippen LogP contribution in [0.25, 0.3) is 0 Å². The van der Waals surface area contributed by atoms with E-state index in [2.05, 4.69) is 0 Å². The maximum atomic E-state index is 12.4. The van der Waals surface area contributed by atoms with Crippen LogP contribution in [0, 0.1) is 5.41 Å². The van der Waals surface area contributed by atoms with Crippen LogP contribution in [0.2, 0.25) is 0 Å². The largest absolute Gasteiger partial charge is 0.334 e. The third kappa shape index (κ3) is 1.81. The summed E-state index contributed by atoms with van der Waals surface area (Å²) in [6.07, 6.45) is 7.36. The summed E-state index contributed by atoms with van der Waals surface area (Å²) in [5, 5.41) is -0.395. The Kier molecular flexibility index (Phi) is 3.29. The SMILES string of the molecule is CC(C)(C)N1CC2(C=CC=CC2Cl)C(Cl)(Cl)C1=O. The van der Waals surface area contributed by atoms with Crippen molar-refractivity contribution in [3.63, 3.8) is 0 Å². The fourth-order valence-electron chi connectivity index (χ4n) is 2.41. The molecular weight excluding hydrogens is 293 g/mol. The summed E-state index contributed by atoms with van der Waals surface area (Å²) >= 11 is 19.1. The Bertz CT molecular complexity index is 436. The first kappa shape index (κ1) is 14.2. The van der Waals surface area contributed by atoms with Gasteiger partial charge in [-0.25, -0.2) is 0 Å². The van der Waals surface area contributed by atoms with Gasteiger partial charge in [0.2, 0.25) is 4.33 Å². The van der Waals surface area contributed by atoms with E-state index in [1.54, 1.807) is 4.90 Å². The number of alkyl halides is 3. The van der Waals surface area contributed by atoms with Crippen molar-refractivity contribution in [2.75, 3.05) is 6.54 Å². The van der Waals surface area contributed by atoms with Crippen LogP contribution in [0.15, 0.2) is 24.3 Å². The summed E-state index contributed by atoms with van der Waals surface area (Å²) in [5.41, 5.74) is -1.10. The predicted octanol–water partition coefficient (Wildman–Crippen LogP) is 3.52. The standard InChI is InChI=1S/C13H16Cl3NO/c1-11(2,3)17-8-12(13(15,16)10(17)18)7-5-4-6-9(12)14/h4-7,9H,8H2,1-3H3. The normalized spacial score (nSPS) is 34.7. The number of hydrogen-bond donors (Lipinski definition) is 0. The molecule has 0 saturated carbocycles. The molecule has 1 aliphatic carbocycles. The lowest BCUT2D eigenvalue weighted by Crippen LogP contribution is -2.45. The summed E-state index contributed by atoms with van der Waals surface area (Å²) in [4.78, 5) is 14.1. The van der Waals surface area contributed by atoms with Crippen molar-refractivity contribution in [3.05, 3.63) is 24.3 Å². The fraction of sp³-hybridized carbons (Fsp3) is 0.615. The third-order valence-electron chi connectivity index (χ3n) is 3.60. The lowest BCUT2D eigenvalue weighted by Gasteiger charge is -2.37. The van der Waals surface area contributed by atoms with Gasteiger partial charge in [0.25, 0.3) is 5.91 Å². The van der Waals surface area contributed by atoms with E-state index in [-0.39, 0.29) is 11.4 Å². The molecular formula is C13H16Cl3NO. The van der Waals surface area contributed by atoms with E-state index < -0.39 is 15.1 Å². The number of nitrogens with zero attached hydrogens (tertiary/aromatic N) is 1. The van der Waals surface area contributed by atoms with E-state index in [1.807, 2.05) is 45.1 Å². The smallest absolute Gasteiger partial charge is 0.260 e. The molecule has 2 aliphatic rings. The topological polar surface area (TPSA) is 20.3 Å². The van der Waals surface area contributed by atoms with Crippen molar-refractivity contribution in [2.24, 2.45) is 5.41 Å². The Hall–Kier alpha value is -0.180. The molecule has 0 aromatic carbocycles. The van der Waals surface area contributed by atoms with E-state index in [0.29, 0.717) is 6.54 Å². The van der Waals surface area contributed by atoms with Gasteiger partial charge in [0.05, 0.1) is 10.8 Å². The minimum Gasteiger partial charge on any atom is -0.334 e. The summed E-state index contributed by atoms with van der Waals surface area (Å²) in [6.45, 7) is 6.30. The number of carbonyl (C=O) groups is 1. The van der Waals surface area contributed by atoms with Gasteiger partial charge in [-0.1, -0.05) is 47.5 Å². The molecule has 5 heteroatoms. The first-order chi connectivity index (χ1) is 8.13. The van der Waals surface area contributed by atoms with E-state index >= 15 is 0 Å². The molecule has 1 fully saturated rings. The van der Waals surface area contributed by atoms with Crippen LogP contribution in [0.4, 0.5) is 0 Å². The second-order valence-electron chi connectivity index (χ2n) is 5.82. The van der Waals surface area contributed by atoms with Crippen LogP contribution in [0.1, 0.15) is 20.8 Å². The maximum absolute atomic E-state index is 12.4. The van der Waals surface area contributed by atoms with Gasteiger partial charge in [-0.2, -0.15) is 0 Å². The van der Waals surface area contributed by atoms with Gasteiger partial charge in [-0.3, -0.25) is 4.79 Å². The zero-order chi connectivity index (χ0) is 13.8. The van der Waals surface area contributed by atoms with Crippen molar-refractivity contribution in [2.45, 2.75) is 36.0 Å². The number of likely N-dealkylation sites (tertiary alicyclic amines) is 1. The molecule has 0 radical (unpaired) electrons. The summed E-state index contributed by atoms with van der Waals surface area (Å²) in [7, 11) is 0. The van der Waals surface area contributed by atoms with Crippen molar-refractivity contribution in [3.8, 4) is 0 Å². The van der Waals surface area contributed by atoms with Gasteiger partial charge in [0, 0.05) is 12.1 Å². The number of rotatable bonds is 0. The molecule has 1 spiro atoms. The molecule has 100 valence electrons. The van der Waals surface area contributed by atoms with Crippen LogP contribution in [0.5, 0.6) is 0 Å². The van der Waals surface area contributed by atoms with Crippen LogP contribution >= 0.6 is 34.8 Å². The number of amides is 1. The summed E-state index contributed by atoms with van der Waals surface area (Å²) in [6, 6.07) is 0. The zero-order valence-corrected chi connectivity index (χ0v) is 12.9. The first-order valence-corrected chi connectivity index (χ1v) is 7.02. The van der Waals surface area contributed by atoms with E-state index in [1.165, 1.54) is 0 Å². The highest BCUT2D eigenvalue weighted by molar-refractivity contribution is 6.59. The van der Waals surface area contributed by atoms with Gasteiger partial charge in [-0.05, 0) is 20.8 Å². The van der Waals surface area contributed by atoms with Gasteiger partial charge in [0.15, 0.2) is 0 Å². The lowest BCUT2D eigenvalue weighted by molar-refractivity contribution is -0.132. The Labute approximate surface area is 123 Å². The molecule has 0 N–H and O–H groups in total. The summed E-state index contributed by atoms with van der Waals surface area (Å²) in [5.74, 6) is -0.274. The van der Waals surface area contributed by atoms with Gasteiger partial charge in [0.1, 0.15) is 0 Å². The molecule has 18 heavy (non-hydrogen) atoms. The molecule has 0 aromatic rings. The van der Waals surface area contributed by atoms with Crippen molar-refractivity contribution in [1.82, 2.24) is 4.90 Å². The second kappa shape index (κ2) is 4.16. The highest BCUT2D eigenvalue weighted by atomic mass is 35.5. The summed E-state index contributed by atoms with van der Waals surface area (Å²) < 4.78 is -1.52. The molecule has 1 amide bonds. The Morgan fingerprint density at radius 3 is 2.39 bits per heavy atom. The number of hydrogen-bond acceptors (Lipinski definition) is 1. The quantitative estimate of drug-likeness (QED) is 0.627. The highest BCUT2D eigenvalue weighted by Crippen LogP contribution is 2.55. The lowest BCUT2D eigenvalue weighted by atomic mass is 9.79. The van der Waals surface area contributed by atoms with Crippen LogP contribution in [-0.4, -0.2) is 32.6 Å². The molecule has 1 heterocycles. The molecule has 2 unspecified atom stereocenters. The fourth-order valence-corrected chi connectivity index (χ4v) is 3.60. The first-order valence-electron chi connectivity index (χ1n) is 5.83. The second-order valence-corrected chi connectivity index (χ2v) is 7.62. The highest BCUT2D eigenvalue weighted by Gasteiger charge is 2.65. The average Bonchev–Trinajstić information content (AvgIpc) is 2.44. The van der Waals surface area contributed by atoms with Crippen molar-refractivity contribution < 1.29 is 4.79 Å². The van der Waals surface area contributed by atoms with Crippen LogP contribution in [-0.2, 0) is 4.79 Å². The number of allylic oxidation sites excluding steroid dienone is 3. The Balaban J connectivity index is 2.49. The molecule has 0 bridgehead atoms. The number of halogens is 3. The number of carbonyl (C=O) groups excluding carboxylic acids is 1. The Morgan fingerprint density at radius 1 is 1.33 bits per heavy atom. The predicted molar refractivity (Wildman–Crippen MR) is 76.3 cm³/mol. The van der Waals surface area contributed by atoms with E-state index in [4.69, 9.17) is 34.8 Å². The van der Waals surface area contributed by atoms with Gasteiger partial charge < -0.3 is 4.90 Å². The van der Waals surface area contributed by atoms with E-state index in [0.717, 1.165) is 0 Å². The van der Waals surface area contributed by atoms with Gasteiger partial charge >= 0.3 is 0 Å². The third-order valence-corrected chi connectivity index (χ3v) is 5.17. The molecule has 1 aliphatic heterocycles. The van der Waals surface area contributed by atoms with E-state index in [9.17, 15) is 4.79 Å². The average molecular weight is 309 g/mol. The van der Waals surface area contributed by atoms with Crippen LogP contribution < -0.4 is 0 Å². The molecule has 2 atom stereocenters. The minimum absolute atomic E-state index is 0.274. The molecule has 2 nitrogen and oxygen atoms in total. The monoisotopic (exact) mass is 307 g/mol. The molecule has 2 rings (SSSR count). The Morgan fingerprint density at radius 2 is 1.94 bits per heavy atom.